The largest absolute Gasteiger partial charge is 0.478 e. The van der Waals surface area contributed by atoms with Crippen LogP contribution in [0.4, 0.5) is 0 Å². The molecule has 0 saturated heterocycles. The molecule has 2 rings (SSSR count). The second kappa shape index (κ2) is 9.42. The summed E-state index contributed by atoms with van der Waals surface area (Å²) in [7, 11) is 4.24. The van der Waals surface area contributed by atoms with Crippen LogP contribution in [-0.4, -0.2) is 52.3 Å². The molecule has 0 aliphatic heterocycles. The number of benzene rings is 1. The number of hydrogen-bond donors (Lipinski definition) is 2. The number of rotatable bonds is 6. The van der Waals surface area contributed by atoms with Crippen molar-refractivity contribution in [1.82, 2.24) is 9.47 Å². The Balaban J connectivity index is 0.000000284. The summed E-state index contributed by atoms with van der Waals surface area (Å²) in [5.41, 5.74) is 1.34. The van der Waals surface area contributed by atoms with Crippen molar-refractivity contribution in [3.8, 4) is 0 Å². The number of hydrogen-bond acceptors (Lipinski definition) is 3. The summed E-state index contributed by atoms with van der Waals surface area (Å²) in [5, 5.41) is 17.0. The van der Waals surface area contributed by atoms with E-state index in [0.29, 0.717) is 12.2 Å². The first-order valence-electron chi connectivity index (χ1n) is 7.22. The van der Waals surface area contributed by atoms with E-state index >= 15 is 0 Å². The minimum atomic E-state index is -1.26. The van der Waals surface area contributed by atoms with Gasteiger partial charge in [0.1, 0.15) is 0 Å². The zero-order chi connectivity index (χ0) is 17.2. The highest BCUT2D eigenvalue weighted by Gasteiger charge is 1.99. The lowest BCUT2D eigenvalue weighted by molar-refractivity contribution is -0.134. The van der Waals surface area contributed by atoms with Gasteiger partial charge in [0.15, 0.2) is 0 Å². The highest BCUT2D eigenvalue weighted by molar-refractivity contribution is 5.89. The van der Waals surface area contributed by atoms with Crippen molar-refractivity contribution in [3.05, 3.63) is 48.7 Å². The number of nitrogens with zero attached hydrogens (tertiary/aromatic N) is 2. The Kier molecular flexibility index (Phi) is 7.56. The second-order valence-electron chi connectivity index (χ2n) is 5.23. The molecule has 2 aromatic rings. The molecule has 1 aromatic heterocycles. The number of para-hydroxylation sites is 1. The van der Waals surface area contributed by atoms with Gasteiger partial charge in [-0.15, -0.1) is 0 Å². The minimum absolute atomic E-state index is 0.558. The van der Waals surface area contributed by atoms with Gasteiger partial charge in [-0.1, -0.05) is 18.2 Å². The Morgan fingerprint density at radius 2 is 1.70 bits per heavy atom. The summed E-state index contributed by atoms with van der Waals surface area (Å²) in [6, 6.07) is 10.7. The molecule has 124 valence electrons. The van der Waals surface area contributed by atoms with Gasteiger partial charge in [-0.05, 0) is 44.6 Å². The van der Waals surface area contributed by atoms with Crippen molar-refractivity contribution in [2.75, 3.05) is 20.6 Å². The Labute approximate surface area is 135 Å². The molecule has 0 aliphatic rings. The highest BCUT2D eigenvalue weighted by Crippen LogP contribution is 2.15. The van der Waals surface area contributed by atoms with Gasteiger partial charge < -0.3 is 19.7 Å². The molecule has 1 heterocycles. The van der Waals surface area contributed by atoms with E-state index in [0.717, 1.165) is 13.1 Å². The predicted octanol–water partition coefficient (Wildman–Crippen LogP) is 2.30. The van der Waals surface area contributed by atoms with E-state index in [9.17, 15) is 9.59 Å². The standard InChI is InChI=1S/C13H18N2.C4H4O4/c1-14(2)9-5-10-15-11-8-12-6-3-4-7-13(12)15;5-3(6)1-2-4(7)8/h3-4,6-8,11H,5,9-10H2,1-2H3;1-2H,(H,5,6)(H,7,8)/b;2-1+. The van der Waals surface area contributed by atoms with Crippen molar-refractivity contribution in [1.29, 1.82) is 0 Å². The van der Waals surface area contributed by atoms with Crippen LogP contribution < -0.4 is 0 Å². The van der Waals surface area contributed by atoms with Crippen molar-refractivity contribution in [2.45, 2.75) is 13.0 Å². The summed E-state index contributed by atoms with van der Waals surface area (Å²) in [4.78, 5) is 21.3. The Morgan fingerprint density at radius 1 is 1.09 bits per heavy atom. The minimum Gasteiger partial charge on any atom is -0.478 e. The number of carbonyl (C=O) groups is 2. The zero-order valence-electron chi connectivity index (χ0n) is 13.3. The molecule has 0 unspecified atom stereocenters. The van der Waals surface area contributed by atoms with Crippen molar-refractivity contribution < 1.29 is 19.8 Å². The highest BCUT2D eigenvalue weighted by atomic mass is 16.4. The Hall–Kier alpha value is -2.60. The second-order valence-corrected chi connectivity index (χ2v) is 5.23. The van der Waals surface area contributed by atoms with Gasteiger partial charge in [-0.2, -0.15) is 0 Å². The number of carboxylic acids is 2. The maximum Gasteiger partial charge on any atom is 0.328 e. The van der Waals surface area contributed by atoms with Gasteiger partial charge >= 0.3 is 11.9 Å². The molecule has 23 heavy (non-hydrogen) atoms. The van der Waals surface area contributed by atoms with Crippen LogP contribution in [0.25, 0.3) is 10.9 Å². The fourth-order valence-corrected chi connectivity index (χ4v) is 2.04. The van der Waals surface area contributed by atoms with Crippen LogP contribution in [0.15, 0.2) is 48.7 Å². The molecule has 0 aliphatic carbocycles. The lowest BCUT2D eigenvalue weighted by atomic mass is 10.2. The number of aliphatic carboxylic acids is 2. The third kappa shape index (κ3) is 7.28. The molecule has 0 radical (unpaired) electrons. The normalized spacial score (nSPS) is 10.7. The molecular formula is C17H22N2O4. The van der Waals surface area contributed by atoms with E-state index in [1.54, 1.807) is 0 Å². The lowest BCUT2D eigenvalue weighted by Gasteiger charge is -2.10. The average Bonchev–Trinajstić information content (AvgIpc) is 2.89. The fraction of sp³-hybridized carbons (Fsp3) is 0.294. The quantitative estimate of drug-likeness (QED) is 0.799. The first-order valence-corrected chi connectivity index (χ1v) is 7.22. The Bertz CT molecular complexity index is 658. The average molecular weight is 318 g/mol. The number of fused-ring (bicyclic) bond motifs is 1. The topological polar surface area (TPSA) is 82.8 Å². The Morgan fingerprint density at radius 3 is 2.26 bits per heavy atom. The van der Waals surface area contributed by atoms with Crippen LogP contribution in [0, 0.1) is 0 Å². The maximum absolute atomic E-state index is 9.55. The third-order valence-electron chi connectivity index (χ3n) is 3.05. The van der Waals surface area contributed by atoms with Gasteiger partial charge in [0.2, 0.25) is 0 Å². The molecule has 0 fully saturated rings. The SMILES string of the molecule is CN(C)CCCn1ccc2ccccc21.O=C(O)/C=C/C(=O)O. The molecule has 0 atom stereocenters. The first kappa shape index (κ1) is 18.4. The summed E-state index contributed by atoms with van der Waals surface area (Å²) < 4.78 is 2.33. The van der Waals surface area contributed by atoms with E-state index < -0.39 is 11.9 Å². The fourth-order valence-electron chi connectivity index (χ4n) is 2.04. The van der Waals surface area contributed by atoms with Crippen LogP contribution in [0.2, 0.25) is 0 Å². The van der Waals surface area contributed by atoms with Crippen LogP contribution in [0.5, 0.6) is 0 Å². The zero-order valence-corrected chi connectivity index (χ0v) is 13.3. The van der Waals surface area contributed by atoms with E-state index in [2.05, 4.69) is 60.1 Å². The first-order chi connectivity index (χ1) is 10.9. The maximum atomic E-state index is 9.55. The summed E-state index contributed by atoms with van der Waals surface area (Å²) in [6.45, 7) is 2.25. The molecule has 1 aromatic carbocycles. The van der Waals surface area contributed by atoms with Gasteiger partial charge in [0, 0.05) is 30.4 Å². The summed E-state index contributed by atoms with van der Waals surface area (Å²) >= 11 is 0. The molecule has 6 heteroatoms. The summed E-state index contributed by atoms with van der Waals surface area (Å²) in [6.07, 6.45) is 4.50. The number of aryl methyl sites for hydroxylation is 1. The van der Waals surface area contributed by atoms with Crippen LogP contribution in [0.1, 0.15) is 6.42 Å². The monoisotopic (exact) mass is 318 g/mol. The van der Waals surface area contributed by atoms with Crippen LogP contribution in [0.3, 0.4) is 0 Å². The molecule has 0 bridgehead atoms. The summed E-state index contributed by atoms with van der Waals surface area (Å²) in [5.74, 6) is -2.51. The molecule has 6 nitrogen and oxygen atoms in total. The van der Waals surface area contributed by atoms with Crippen molar-refractivity contribution in [3.63, 3.8) is 0 Å². The molecule has 2 N–H and O–H groups in total. The van der Waals surface area contributed by atoms with Crippen LogP contribution in [-0.2, 0) is 16.1 Å². The smallest absolute Gasteiger partial charge is 0.328 e. The lowest BCUT2D eigenvalue weighted by Crippen LogP contribution is -2.14. The van der Waals surface area contributed by atoms with Gasteiger partial charge in [-0.3, -0.25) is 0 Å². The predicted molar refractivity (Wildman–Crippen MR) is 89.5 cm³/mol. The van der Waals surface area contributed by atoms with Crippen molar-refractivity contribution >= 4 is 22.8 Å². The molecule has 0 saturated carbocycles. The van der Waals surface area contributed by atoms with E-state index in [4.69, 9.17) is 10.2 Å². The number of carboxylic acid groups (broad SMARTS) is 2. The van der Waals surface area contributed by atoms with Crippen molar-refractivity contribution in [2.24, 2.45) is 0 Å². The van der Waals surface area contributed by atoms with Crippen LogP contribution >= 0.6 is 0 Å². The molecule has 0 amide bonds. The van der Waals surface area contributed by atoms with E-state index in [1.807, 2.05) is 0 Å². The van der Waals surface area contributed by atoms with E-state index in [-0.39, 0.29) is 0 Å². The third-order valence-corrected chi connectivity index (χ3v) is 3.05. The number of aromatic nitrogens is 1. The van der Waals surface area contributed by atoms with Gasteiger partial charge in [0.25, 0.3) is 0 Å². The molecular weight excluding hydrogens is 296 g/mol. The van der Waals surface area contributed by atoms with Gasteiger partial charge in [0.05, 0.1) is 0 Å². The van der Waals surface area contributed by atoms with E-state index in [1.165, 1.54) is 17.3 Å². The van der Waals surface area contributed by atoms with Gasteiger partial charge in [-0.25, -0.2) is 9.59 Å². The molecule has 0 spiro atoms.